The molecule has 1 aliphatic heterocycles. The van der Waals surface area contributed by atoms with Crippen molar-refractivity contribution in [2.45, 2.75) is 36.3 Å². The van der Waals surface area contributed by atoms with Crippen molar-refractivity contribution >= 4 is 9.84 Å². The van der Waals surface area contributed by atoms with E-state index in [9.17, 15) is 12.8 Å². The van der Waals surface area contributed by atoms with Gasteiger partial charge in [0.2, 0.25) is 0 Å². The van der Waals surface area contributed by atoms with Crippen LogP contribution in [0.3, 0.4) is 0 Å². The molecule has 1 saturated heterocycles. The Morgan fingerprint density at radius 3 is 2.94 bits per heavy atom. The third kappa shape index (κ3) is 1.68. The van der Waals surface area contributed by atoms with Crippen molar-refractivity contribution in [3.8, 4) is 0 Å². The number of nitrogens with one attached hydrogen (secondary N) is 1. The molecule has 1 heterocycles. The van der Waals surface area contributed by atoms with Crippen LogP contribution in [0.4, 0.5) is 4.39 Å². The summed E-state index contributed by atoms with van der Waals surface area (Å²) in [4.78, 5) is 0. The lowest BCUT2D eigenvalue weighted by atomic mass is 10.1. The Balaban J connectivity index is 2.08. The van der Waals surface area contributed by atoms with Crippen LogP contribution < -0.4 is 5.32 Å². The fourth-order valence-corrected chi connectivity index (χ4v) is 5.12. The van der Waals surface area contributed by atoms with Gasteiger partial charge in [-0.2, -0.15) is 0 Å². The van der Waals surface area contributed by atoms with Gasteiger partial charge in [-0.3, -0.25) is 0 Å². The molecule has 98 valence electrons. The van der Waals surface area contributed by atoms with Crippen LogP contribution >= 0.6 is 0 Å². The Morgan fingerprint density at radius 2 is 2.17 bits per heavy atom. The summed E-state index contributed by atoms with van der Waals surface area (Å²) in [5.74, 6) is -0.296. The number of fused-ring (bicyclic) bond motifs is 3. The minimum absolute atomic E-state index is 0.171. The van der Waals surface area contributed by atoms with E-state index >= 15 is 0 Å². The van der Waals surface area contributed by atoms with Crippen LogP contribution in [0.1, 0.15) is 30.5 Å². The number of rotatable bonds is 0. The van der Waals surface area contributed by atoms with Crippen molar-refractivity contribution in [1.82, 2.24) is 5.32 Å². The maximum Gasteiger partial charge on any atom is 0.157 e. The van der Waals surface area contributed by atoms with Gasteiger partial charge in [-0.1, -0.05) is 6.07 Å². The summed E-state index contributed by atoms with van der Waals surface area (Å²) in [6.45, 7) is 2.46. The van der Waals surface area contributed by atoms with E-state index in [1.807, 2.05) is 0 Å². The van der Waals surface area contributed by atoms with Gasteiger partial charge < -0.3 is 5.32 Å². The highest BCUT2D eigenvalue weighted by Gasteiger charge is 2.44. The predicted octanol–water partition coefficient (Wildman–Crippen LogP) is 1.59. The molecular formula is C13H16FNO2S. The molecule has 1 fully saturated rings. The molecular weight excluding hydrogens is 253 g/mol. The van der Waals surface area contributed by atoms with Crippen molar-refractivity contribution < 1.29 is 12.8 Å². The minimum atomic E-state index is -3.14. The highest BCUT2D eigenvalue weighted by atomic mass is 32.2. The van der Waals surface area contributed by atoms with E-state index in [0.717, 1.165) is 11.1 Å². The standard InChI is InChI=1S/C13H16FNO2S/c1-8-4-5-15-13-11-3-2-10(14)6-9(11)7-12(13)18(8,16)17/h2-3,6,8,12-13,15H,4-5,7H2,1H3. The summed E-state index contributed by atoms with van der Waals surface area (Å²) in [7, 11) is -3.14. The summed E-state index contributed by atoms with van der Waals surface area (Å²) < 4.78 is 38.1. The van der Waals surface area contributed by atoms with E-state index in [1.54, 1.807) is 13.0 Å². The van der Waals surface area contributed by atoms with E-state index in [0.29, 0.717) is 19.4 Å². The molecule has 0 radical (unpaired) electrons. The first-order chi connectivity index (χ1) is 8.50. The van der Waals surface area contributed by atoms with Crippen molar-refractivity contribution in [1.29, 1.82) is 0 Å². The van der Waals surface area contributed by atoms with Crippen LogP contribution in [0.2, 0.25) is 0 Å². The van der Waals surface area contributed by atoms with E-state index < -0.39 is 15.1 Å². The smallest absolute Gasteiger partial charge is 0.157 e. The van der Waals surface area contributed by atoms with E-state index in [1.165, 1.54) is 12.1 Å². The molecule has 1 aliphatic carbocycles. The fraction of sp³-hybridized carbons (Fsp3) is 0.538. The number of benzene rings is 1. The van der Waals surface area contributed by atoms with Crippen molar-refractivity contribution in [3.63, 3.8) is 0 Å². The second-order valence-electron chi connectivity index (χ2n) is 5.21. The zero-order valence-electron chi connectivity index (χ0n) is 10.2. The summed E-state index contributed by atoms with van der Waals surface area (Å²) in [5.41, 5.74) is 1.77. The second kappa shape index (κ2) is 4.03. The summed E-state index contributed by atoms with van der Waals surface area (Å²) >= 11 is 0. The van der Waals surface area contributed by atoms with Crippen molar-refractivity contribution in [2.75, 3.05) is 6.54 Å². The highest BCUT2D eigenvalue weighted by molar-refractivity contribution is 7.92. The molecule has 3 rings (SSSR count). The molecule has 18 heavy (non-hydrogen) atoms. The molecule has 0 bridgehead atoms. The molecule has 0 amide bonds. The molecule has 0 saturated carbocycles. The molecule has 0 aromatic heterocycles. The molecule has 5 heteroatoms. The Kier molecular flexibility index (Phi) is 2.71. The molecule has 1 aromatic carbocycles. The average Bonchev–Trinajstić information content (AvgIpc) is 2.62. The van der Waals surface area contributed by atoms with Crippen LogP contribution in [0.25, 0.3) is 0 Å². The summed E-state index contributed by atoms with van der Waals surface area (Å²) in [5, 5.41) is 2.55. The summed E-state index contributed by atoms with van der Waals surface area (Å²) in [6, 6.07) is 4.42. The first kappa shape index (κ1) is 12.1. The molecule has 2 aliphatic rings. The average molecular weight is 269 g/mol. The zero-order valence-corrected chi connectivity index (χ0v) is 11.0. The Hall–Kier alpha value is -0.940. The van der Waals surface area contributed by atoms with Gasteiger partial charge in [0.1, 0.15) is 5.82 Å². The topological polar surface area (TPSA) is 46.2 Å². The Labute approximate surface area is 106 Å². The maximum atomic E-state index is 13.2. The molecule has 3 nitrogen and oxygen atoms in total. The van der Waals surface area contributed by atoms with Crippen molar-refractivity contribution in [3.05, 3.63) is 35.1 Å². The molecule has 1 aromatic rings. The number of sulfone groups is 1. The summed E-state index contributed by atoms with van der Waals surface area (Å²) in [6.07, 6.45) is 1.07. The quantitative estimate of drug-likeness (QED) is 0.778. The van der Waals surface area contributed by atoms with Crippen LogP contribution in [0, 0.1) is 5.82 Å². The van der Waals surface area contributed by atoms with Gasteiger partial charge in [-0.15, -0.1) is 0 Å². The van der Waals surface area contributed by atoms with Gasteiger partial charge in [-0.05, 0) is 49.6 Å². The van der Waals surface area contributed by atoms with Crippen LogP contribution in [0.15, 0.2) is 18.2 Å². The normalized spacial score (nSPS) is 33.6. The molecule has 3 unspecified atom stereocenters. The molecule has 0 spiro atoms. The number of hydrogen-bond donors (Lipinski definition) is 1. The van der Waals surface area contributed by atoms with Gasteiger partial charge >= 0.3 is 0 Å². The van der Waals surface area contributed by atoms with E-state index in [4.69, 9.17) is 0 Å². The largest absolute Gasteiger partial charge is 0.309 e. The molecule has 3 atom stereocenters. The second-order valence-corrected chi connectivity index (χ2v) is 7.79. The van der Waals surface area contributed by atoms with E-state index in [-0.39, 0.29) is 17.1 Å². The highest BCUT2D eigenvalue weighted by Crippen LogP contribution is 2.39. The van der Waals surface area contributed by atoms with Crippen LogP contribution in [-0.4, -0.2) is 25.5 Å². The maximum absolute atomic E-state index is 13.2. The van der Waals surface area contributed by atoms with Gasteiger partial charge in [0.05, 0.1) is 10.5 Å². The van der Waals surface area contributed by atoms with Gasteiger partial charge in [0.15, 0.2) is 9.84 Å². The lowest BCUT2D eigenvalue weighted by Crippen LogP contribution is -2.34. The van der Waals surface area contributed by atoms with Crippen LogP contribution in [-0.2, 0) is 16.3 Å². The first-order valence-corrected chi connectivity index (χ1v) is 7.85. The minimum Gasteiger partial charge on any atom is -0.309 e. The van der Waals surface area contributed by atoms with Crippen molar-refractivity contribution in [2.24, 2.45) is 0 Å². The van der Waals surface area contributed by atoms with Gasteiger partial charge in [-0.25, -0.2) is 12.8 Å². The van der Waals surface area contributed by atoms with Gasteiger partial charge in [0.25, 0.3) is 0 Å². The lowest BCUT2D eigenvalue weighted by Gasteiger charge is -2.19. The van der Waals surface area contributed by atoms with Crippen LogP contribution in [0.5, 0.6) is 0 Å². The number of halogens is 1. The first-order valence-electron chi connectivity index (χ1n) is 6.24. The SMILES string of the molecule is CC1CCNC2c3ccc(F)cc3CC2S1(=O)=O. The zero-order chi connectivity index (χ0) is 12.9. The lowest BCUT2D eigenvalue weighted by molar-refractivity contribution is 0.528. The van der Waals surface area contributed by atoms with Gasteiger partial charge in [0, 0.05) is 6.04 Å². The third-order valence-corrected chi connectivity index (χ3v) is 6.77. The molecule has 1 N–H and O–H groups in total. The number of hydrogen-bond acceptors (Lipinski definition) is 3. The predicted molar refractivity (Wildman–Crippen MR) is 67.6 cm³/mol. The Bertz CT molecular complexity index is 585. The Morgan fingerprint density at radius 1 is 1.39 bits per heavy atom. The monoisotopic (exact) mass is 269 g/mol. The fourth-order valence-electron chi connectivity index (χ4n) is 3.04. The third-order valence-electron chi connectivity index (χ3n) is 4.13. The van der Waals surface area contributed by atoms with E-state index in [2.05, 4.69) is 5.32 Å².